The van der Waals surface area contributed by atoms with Gasteiger partial charge in [0.15, 0.2) is 0 Å². The van der Waals surface area contributed by atoms with E-state index in [0.29, 0.717) is 0 Å². The Labute approximate surface area is 117 Å². The van der Waals surface area contributed by atoms with Crippen LogP contribution in [-0.4, -0.2) is 42.5 Å². The second kappa shape index (κ2) is 7.81. The van der Waals surface area contributed by atoms with Crippen LogP contribution in [-0.2, 0) is 14.4 Å². The van der Waals surface area contributed by atoms with Crippen molar-refractivity contribution in [2.75, 3.05) is 31.0 Å². The molecule has 1 aromatic carbocycles. The average molecular weight is 282 g/mol. The molecule has 19 heavy (non-hydrogen) atoms. The highest BCUT2D eigenvalue weighted by atomic mass is 32.2. The number of nitrogens with one attached hydrogen (secondary N) is 1. The van der Waals surface area contributed by atoms with E-state index in [0.717, 1.165) is 16.3 Å². The second-order valence-electron chi connectivity index (χ2n) is 3.98. The zero-order valence-electron chi connectivity index (χ0n) is 11.3. The van der Waals surface area contributed by atoms with Crippen LogP contribution in [0.1, 0.15) is 5.56 Å². The molecule has 1 N–H and O–H groups in total. The summed E-state index contributed by atoms with van der Waals surface area (Å²) >= 11 is 1.25. The highest BCUT2D eigenvalue weighted by Crippen LogP contribution is 2.10. The molecule has 0 aromatic heterocycles. The minimum absolute atomic E-state index is 0.122. The first-order valence-electron chi connectivity index (χ1n) is 5.78. The van der Waals surface area contributed by atoms with Gasteiger partial charge in [0.25, 0.3) is 5.91 Å². The molecule has 0 aliphatic carbocycles. The lowest BCUT2D eigenvalue weighted by Crippen LogP contribution is -2.27. The van der Waals surface area contributed by atoms with Crippen LogP contribution in [0.3, 0.4) is 0 Å². The second-order valence-corrected chi connectivity index (χ2v) is 4.97. The summed E-state index contributed by atoms with van der Waals surface area (Å²) in [6.45, 7) is 1.96. The quantitative estimate of drug-likeness (QED) is 0.807. The Bertz CT molecular complexity index is 451. The summed E-state index contributed by atoms with van der Waals surface area (Å²) in [5, 5.41) is 3.93. The van der Waals surface area contributed by atoms with E-state index < -0.39 is 0 Å². The zero-order chi connectivity index (χ0) is 14.3. The molecule has 1 aromatic rings. The van der Waals surface area contributed by atoms with Crippen LogP contribution < -0.4 is 5.32 Å². The fourth-order valence-corrected chi connectivity index (χ4v) is 2.06. The first kappa shape index (κ1) is 15.5. The standard InChI is InChI=1S/C13H18N2O3S/c1-10-5-4-6-11(7-10)14-12(16)8-19-9-13(17)15(2)18-3/h4-7H,8-9H2,1-3H3,(H,14,16). The molecule has 0 saturated heterocycles. The number of anilines is 1. The van der Waals surface area contributed by atoms with E-state index >= 15 is 0 Å². The number of carbonyl (C=O) groups excluding carboxylic acids is 2. The maximum Gasteiger partial charge on any atom is 0.255 e. The fraction of sp³-hybridized carbons (Fsp3) is 0.385. The summed E-state index contributed by atoms with van der Waals surface area (Å²) in [7, 11) is 2.96. The van der Waals surface area contributed by atoms with Gasteiger partial charge in [0.2, 0.25) is 5.91 Å². The number of hydrogen-bond acceptors (Lipinski definition) is 4. The number of aryl methyl sites for hydroxylation is 1. The molecule has 0 aliphatic heterocycles. The molecule has 0 aliphatic rings. The van der Waals surface area contributed by atoms with Gasteiger partial charge in [-0.15, -0.1) is 11.8 Å². The largest absolute Gasteiger partial charge is 0.325 e. The van der Waals surface area contributed by atoms with Crippen LogP contribution >= 0.6 is 11.8 Å². The molecule has 104 valence electrons. The van der Waals surface area contributed by atoms with E-state index in [1.807, 2.05) is 31.2 Å². The molecular formula is C13H18N2O3S. The molecule has 0 spiro atoms. The smallest absolute Gasteiger partial charge is 0.255 e. The molecule has 5 nitrogen and oxygen atoms in total. The molecule has 2 amide bonds. The molecule has 0 unspecified atom stereocenters. The minimum Gasteiger partial charge on any atom is -0.325 e. The van der Waals surface area contributed by atoms with E-state index in [4.69, 9.17) is 4.84 Å². The van der Waals surface area contributed by atoms with Gasteiger partial charge in [0, 0.05) is 12.7 Å². The van der Waals surface area contributed by atoms with E-state index in [2.05, 4.69) is 5.32 Å². The molecule has 0 radical (unpaired) electrons. The van der Waals surface area contributed by atoms with Gasteiger partial charge < -0.3 is 5.32 Å². The van der Waals surface area contributed by atoms with Gasteiger partial charge >= 0.3 is 0 Å². The summed E-state index contributed by atoms with van der Waals surface area (Å²) in [4.78, 5) is 27.8. The molecule has 6 heteroatoms. The predicted octanol–water partition coefficient (Wildman–Crippen LogP) is 1.69. The Balaban J connectivity index is 2.31. The molecular weight excluding hydrogens is 264 g/mol. The van der Waals surface area contributed by atoms with Gasteiger partial charge in [-0.2, -0.15) is 0 Å². The third kappa shape index (κ3) is 5.76. The van der Waals surface area contributed by atoms with Crippen molar-refractivity contribution in [2.24, 2.45) is 0 Å². The third-order valence-electron chi connectivity index (χ3n) is 2.39. The number of rotatable bonds is 6. The summed E-state index contributed by atoms with van der Waals surface area (Å²) in [5.41, 5.74) is 1.85. The van der Waals surface area contributed by atoms with Crippen molar-refractivity contribution in [2.45, 2.75) is 6.92 Å². The number of hydroxylamine groups is 2. The summed E-state index contributed by atoms with van der Waals surface area (Å²) in [6.07, 6.45) is 0. The molecule has 0 bridgehead atoms. The minimum atomic E-state index is -0.171. The van der Waals surface area contributed by atoms with E-state index in [9.17, 15) is 9.59 Å². The van der Waals surface area contributed by atoms with Crippen LogP contribution in [0.2, 0.25) is 0 Å². The van der Waals surface area contributed by atoms with Crippen LogP contribution in [0, 0.1) is 6.92 Å². The van der Waals surface area contributed by atoms with Crippen LogP contribution in [0.25, 0.3) is 0 Å². The summed E-state index contributed by atoms with van der Waals surface area (Å²) in [6, 6.07) is 7.57. The number of thioether (sulfide) groups is 1. The number of nitrogens with zero attached hydrogens (tertiary/aromatic N) is 1. The van der Waals surface area contributed by atoms with Gasteiger partial charge in [-0.25, -0.2) is 5.06 Å². The van der Waals surface area contributed by atoms with Gasteiger partial charge in [0.05, 0.1) is 18.6 Å². The van der Waals surface area contributed by atoms with Gasteiger partial charge in [-0.05, 0) is 24.6 Å². The van der Waals surface area contributed by atoms with Crippen LogP contribution in [0.5, 0.6) is 0 Å². The Kier molecular flexibility index (Phi) is 6.38. The zero-order valence-corrected chi connectivity index (χ0v) is 12.1. The van der Waals surface area contributed by atoms with Crippen LogP contribution in [0.15, 0.2) is 24.3 Å². The lowest BCUT2D eigenvalue weighted by molar-refractivity contribution is -0.165. The summed E-state index contributed by atoms with van der Waals surface area (Å²) in [5.74, 6) is 0.155. The van der Waals surface area contributed by atoms with Gasteiger partial charge in [-0.3, -0.25) is 14.4 Å². The van der Waals surface area contributed by atoms with E-state index in [-0.39, 0.29) is 23.3 Å². The lowest BCUT2D eigenvalue weighted by Gasteiger charge is -2.12. The van der Waals surface area contributed by atoms with Crippen molar-refractivity contribution in [3.63, 3.8) is 0 Å². The van der Waals surface area contributed by atoms with E-state index in [1.165, 1.54) is 25.9 Å². The molecule has 1 rings (SSSR count). The molecule has 0 atom stereocenters. The Morgan fingerprint density at radius 3 is 2.74 bits per heavy atom. The molecule has 0 heterocycles. The number of benzene rings is 1. The Morgan fingerprint density at radius 1 is 1.37 bits per heavy atom. The highest BCUT2D eigenvalue weighted by Gasteiger charge is 2.09. The normalized spacial score (nSPS) is 10.1. The van der Waals surface area contributed by atoms with Crippen molar-refractivity contribution < 1.29 is 14.4 Å². The van der Waals surface area contributed by atoms with Crippen molar-refractivity contribution in [1.82, 2.24) is 5.06 Å². The first-order chi connectivity index (χ1) is 9.02. The number of hydrogen-bond donors (Lipinski definition) is 1. The van der Waals surface area contributed by atoms with Gasteiger partial charge in [0.1, 0.15) is 0 Å². The summed E-state index contributed by atoms with van der Waals surface area (Å²) < 4.78 is 0. The first-order valence-corrected chi connectivity index (χ1v) is 6.93. The van der Waals surface area contributed by atoms with E-state index in [1.54, 1.807) is 0 Å². The number of carbonyl (C=O) groups is 2. The predicted molar refractivity (Wildman–Crippen MR) is 76.9 cm³/mol. The fourth-order valence-electron chi connectivity index (χ4n) is 1.34. The SMILES string of the molecule is CON(C)C(=O)CSCC(=O)Nc1cccc(C)c1. The maximum atomic E-state index is 11.7. The topological polar surface area (TPSA) is 58.6 Å². The highest BCUT2D eigenvalue weighted by molar-refractivity contribution is 8.00. The lowest BCUT2D eigenvalue weighted by atomic mass is 10.2. The van der Waals surface area contributed by atoms with Crippen molar-refractivity contribution in [1.29, 1.82) is 0 Å². The number of amides is 2. The van der Waals surface area contributed by atoms with Crippen LogP contribution in [0.4, 0.5) is 5.69 Å². The Morgan fingerprint density at radius 2 is 2.11 bits per heavy atom. The molecule has 0 fully saturated rings. The molecule has 0 saturated carbocycles. The van der Waals surface area contributed by atoms with Crippen molar-refractivity contribution >= 4 is 29.3 Å². The van der Waals surface area contributed by atoms with Gasteiger partial charge in [-0.1, -0.05) is 12.1 Å². The third-order valence-corrected chi connectivity index (χ3v) is 3.30. The van der Waals surface area contributed by atoms with Crippen molar-refractivity contribution in [3.05, 3.63) is 29.8 Å². The average Bonchev–Trinajstić information content (AvgIpc) is 2.37. The Hall–Kier alpha value is -1.53. The van der Waals surface area contributed by atoms with Crippen molar-refractivity contribution in [3.8, 4) is 0 Å². The monoisotopic (exact) mass is 282 g/mol. The maximum absolute atomic E-state index is 11.7.